The minimum absolute atomic E-state index is 0.225. The van der Waals surface area contributed by atoms with Gasteiger partial charge in [0.1, 0.15) is 18.0 Å². The zero-order valence-electron chi connectivity index (χ0n) is 22.5. The van der Waals surface area contributed by atoms with Crippen molar-refractivity contribution < 1.29 is 23.6 Å². The van der Waals surface area contributed by atoms with Crippen molar-refractivity contribution in [2.45, 2.75) is 45.6 Å². The molecule has 0 unspecified atom stereocenters. The van der Waals surface area contributed by atoms with Crippen molar-refractivity contribution in [1.82, 2.24) is 30.5 Å². The predicted molar refractivity (Wildman–Crippen MR) is 150 cm³/mol. The predicted octanol–water partition coefficient (Wildman–Crippen LogP) is 4.95. The van der Waals surface area contributed by atoms with Crippen LogP contribution in [0, 0.1) is 12.7 Å². The standard InChI is InChI=1S/C29H31F2N7O3/c1-19-24(15-25(31)29(40)32-12-5-3-2-4-9-27(39)37-41)28(34-18-33-19)36-23-10-11-26-21(14-23)16-35-38(26)17-20-7-6-8-22(30)13-20/h6-8,10-11,13-16,18,41H,2-5,9,12,17H2,1H3,(H,32,40)(H,37,39)(H,33,34,36)/b25-15-. The molecule has 2 heterocycles. The summed E-state index contributed by atoms with van der Waals surface area (Å²) in [6.45, 7) is 2.40. The lowest BCUT2D eigenvalue weighted by molar-refractivity contribution is -0.129. The number of unbranched alkanes of at least 4 members (excludes halogenated alkanes) is 3. The van der Waals surface area contributed by atoms with Gasteiger partial charge >= 0.3 is 0 Å². The molecule has 41 heavy (non-hydrogen) atoms. The zero-order valence-corrected chi connectivity index (χ0v) is 22.5. The van der Waals surface area contributed by atoms with E-state index in [0.717, 1.165) is 35.4 Å². The molecule has 12 heteroatoms. The van der Waals surface area contributed by atoms with Crippen molar-refractivity contribution in [3.05, 3.63) is 83.5 Å². The molecule has 0 saturated heterocycles. The SMILES string of the molecule is Cc1ncnc(Nc2ccc3c(cnn3Cc3cccc(F)c3)c2)c1/C=C(\F)C(=O)NCCCCCCC(=O)NO. The molecule has 2 amide bonds. The minimum atomic E-state index is -0.973. The van der Waals surface area contributed by atoms with Gasteiger partial charge in [0.2, 0.25) is 5.91 Å². The van der Waals surface area contributed by atoms with Crippen LogP contribution in [0.4, 0.5) is 20.3 Å². The molecule has 10 nitrogen and oxygen atoms in total. The number of carbonyl (C=O) groups is 2. The maximum absolute atomic E-state index is 14.8. The highest BCUT2D eigenvalue weighted by Gasteiger charge is 2.14. The van der Waals surface area contributed by atoms with Gasteiger partial charge in [0.25, 0.3) is 5.91 Å². The van der Waals surface area contributed by atoms with Crippen molar-refractivity contribution in [1.29, 1.82) is 0 Å². The lowest BCUT2D eigenvalue weighted by atomic mass is 10.1. The highest BCUT2D eigenvalue weighted by atomic mass is 19.1. The first-order valence-electron chi connectivity index (χ1n) is 13.2. The molecule has 0 aliphatic rings. The molecule has 0 aliphatic carbocycles. The molecule has 214 valence electrons. The Hall–Kier alpha value is -4.71. The fourth-order valence-electron chi connectivity index (χ4n) is 4.29. The normalized spacial score (nSPS) is 11.5. The first-order valence-corrected chi connectivity index (χ1v) is 13.2. The number of hydroxylamine groups is 1. The van der Waals surface area contributed by atoms with Gasteiger partial charge in [0.15, 0.2) is 5.83 Å². The molecule has 0 saturated carbocycles. The third kappa shape index (κ3) is 8.15. The molecule has 0 spiro atoms. The second-order valence-electron chi connectivity index (χ2n) is 9.50. The van der Waals surface area contributed by atoms with E-state index in [-0.39, 0.29) is 18.8 Å². The zero-order chi connectivity index (χ0) is 29.2. The van der Waals surface area contributed by atoms with Crippen LogP contribution in [-0.4, -0.2) is 43.3 Å². The van der Waals surface area contributed by atoms with Gasteiger partial charge in [-0.15, -0.1) is 0 Å². The van der Waals surface area contributed by atoms with Gasteiger partial charge in [0.05, 0.1) is 24.0 Å². The van der Waals surface area contributed by atoms with Crippen molar-refractivity contribution in [3.8, 4) is 0 Å². The number of halogens is 2. The molecule has 2 aromatic heterocycles. The third-order valence-corrected chi connectivity index (χ3v) is 6.44. The van der Waals surface area contributed by atoms with E-state index in [1.165, 1.54) is 18.5 Å². The first kappa shape index (κ1) is 29.3. The highest BCUT2D eigenvalue weighted by Crippen LogP contribution is 2.26. The second-order valence-corrected chi connectivity index (χ2v) is 9.50. The molecule has 0 aliphatic heterocycles. The van der Waals surface area contributed by atoms with Gasteiger partial charge in [-0.05, 0) is 61.7 Å². The summed E-state index contributed by atoms with van der Waals surface area (Å²) < 4.78 is 30.2. The number of hydrogen-bond donors (Lipinski definition) is 4. The lowest BCUT2D eigenvalue weighted by Gasteiger charge is -2.11. The molecule has 4 aromatic rings. The summed E-state index contributed by atoms with van der Waals surface area (Å²) in [7, 11) is 0. The topological polar surface area (TPSA) is 134 Å². The van der Waals surface area contributed by atoms with Crippen molar-refractivity contribution in [2.75, 3.05) is 11.9 Å². The van der Waals surface area contributed by atoms with Crippen LogP contribution in [0.5, 0.6) is 0 Å². The van der Waals surface area contributed by atoms with Crippen LogP contribution in [0.3, 0.4) is 0 Å². The maximum Gasteiger partial charge on any atom is 0.280 e. The number of amides is 2. The van der Waals surface area contributed by atoms with Gasteiger partial charge < -0.3 is 10.6 Å². The van der Waals surface area contributed by atoms with Crippen molar-refractivity contribution in [2.24, 2.45) is 0 Å². The van der Waals surface area contributed by atoms with E-state index >= 15 is 0 Å². The smallest absolute Gasteiger partial charge is 0.280 e. The maximum atomic E-state index is 14.8. The number of aryl methyl sites for hydroxylation is 1. The molecule has 4 rings (SSSR count). The summed E-state index contributed by atoms with van der Waals surface area (Å²) in [5.74, 6) is -2.22. The van der Waals surface area contributed by atoms with Gasteiger partial charge in [-0.3, -0.25) is 19.5 Å². The Morgan fingerprint density at radius 1 is 1.07 bits per heavy atom. The summed E-state index contributed by atoms with van der Waals surface area (Å²) in [6, 6.07) is 11.9. The number of fused-ring (bicyclic) bond motifs is 1. The monoisotopic (exact) mass is 563 g/mol. The Labute approximate surface area is 235 Å². The average molecular weight is 564 g/mol. The summed E-state index contributed by atoms with van der Waals surface area (Å²) in [5, 5.41) is 19.5. The molecule has 0 radical (unpaired) electrons. The van der Waals surface area contributed by atoms with Crippen molar-refractivity contribution >= 4 is 40.3 Å². The summed E-state index contributed by atoms with van der Waals surface area (Å²) in [4.78, 5) is 31.7. The minimum Gasteiger partial charge on any atom is -0.350 e. The van der Waals surface area contributed by atoms with Gasteiger partial charge in [-0.2, -0.15) is 5.10 Å². The molecule has 0 atom stereocenters. The van der Waals surface area contributed by atoms with E-state index in [4.69, 9.17) is 5.21 Å². The van der Waals surface area contributed by atoms with E-state index < -0.39 is 17.6 Å². The fourth-order valence-corrected chi connectivity index (χ4v) is 4.29. The van der Waals surface area contributed by atoms with E-state index in [2.05, 4.69) is 25.7 Å². The van der Waals surface area contributed by atoms with E-state index in [0.29, 0.717) is 42.1 Å². The van der Waals surface area contributed by atoms with Gasteiger partial charge in [-0.25, -0.2) is 24.2 Å². The quantitative estimate of drug-likeness (QED) is 0.0783. The largest absolute Gasteiger partial charge is 0.350 e. The number of benzene rings is 2. The van der Waals surface area contributed by atoms with Crippen LogP contribution in [0.2, 0.25) is 0 Å². The van der Waals surface area contributed by atoms with Crippen LogP contribution < -0.4 is 16.1 Å². The summed E-state index contributed by atoms with van der Waals surface area (Å²) >= 11 is 0. The Morgan fingerprint density at radius 2 is 1.90 bits per heavy atom. The van der Waals surface area contributed by atoms with Gasteiger partial charge in [-0.1, -0.05) is 25.0 Å². The molecule has 2 aromatic carbocycles. The lowest BCUT2D eigenvalue weighted by Crippen LogP contribution is -2.24. The van der Waals surface area contributed by atoms with Crippen LogP contribution in [-0.2, 0) is 16.1 Å². The Morgan fingerprint density at radius 3 is 2.71 bits per heavy atom. The third-order valence-electron chi connectivity index (χ3n) is 6.44. The van der Waals surface area contributed by atoms with E-state index in [1.54, 1.807) is 29.3 Å². The number of nitrogens with zero attached hydrogens (tertiary/aromatic N) is 4. The molecule has 4 N–H and O–H groups in total. The Bertz CT molecular complexity index is 1550. The second kappa shape index (κ2) is 14.1. The number of aromatic nitrogens is 4. The number of rotatable bonds is 13. The van der Waals surface area contributed by atoms with Crippen molar-refractivity contribution in [3.63, 3.8) is 0 Å². The Kier molecular flexibility index (Phi) is 10.1. The van der Waals surface area contributed by atoms with E-state index in [9.17, 15) is 18.4 Å². The average Bonchev–Trinajstić information content (AvgIpc) is 3.35. The summed E-state index contributed by atoms with van der Waals surface area (Å²) in [6.07, 6.45) is 7.13. The number of carbonyl (C=O) groups excluding carboxylic acids is 2. The molecular weight excluding hydrogens is 532 g/mol. The van der Waals surface area contributed by atoms with Crippen LogP contribution in [0.15, 0.2) is 60.8 Å². The number of hydrogen-bond acceptors (Lipinski definition) is 7. The van der Waals surface area contributed by atoms with Crippen LogP contribution in [0.1, 0.15) is 48.9 Å². The fraction of sp³-hybridized carbons (Fsp3) is 0.276. The summed E-state index contributed by atoms with van der Waals surface area (Å²) in [5.41, 5.74) is 4.74. The number of nitrogens with one attached hydrogen (secondary N) is 3. The molecule has 0 fully saturated rings. The highest BCUT2D eigenvalue weighted by molar-refractivity contribution is 5.96. The van der Waals surface area contributed by atoms with Crippen LogP contribution >= 0.6 is 0 Å². The van der Waals surface area contributed by atoms with E-state index in [1.807, 2.05) is 24.3 Å². The molecule has 0 bridgehead atoms. The number of anilines is 2. The first-order chi connectivity index (χ1) is 19.8. The molecular formula is C29H31F2N7O3. The van der Waals surface area contributed by atoms with Crippen LogP contribution in [0.25, 0.3) is 17.0 Å². The Balaban J connectivity index is 1.39. The van der Waals surface area contributed by atoms with Gasteiger partial charge in [0, 0.05) is 29.6 Å².